The Balaban J connectivity index is 0.000000707. The smallest absolute Gasteiger partial charge is 0.251 e. The number of hydrogen-bond acceptors (Lipinski definition) is 5. The van der Waals surface area contributed by atoms with Gasteiger partial charge in [-0.2, -0.15) is 5.10 Å². The van der Waals surface area contributed by atoms with Crippen LogP contribution in [0.5, 0.6) is 0 Å². The van der Waals surface area contributed by atoms with E-state index < -0.39 is 9.84 Å². The number of aromatic amines is 1. The summed E-state index contributed by atoms with van der Waals surface area (Å²) in [4.78, 5) is 15.0. The lowest BCUT2D eigenvalue weighted by molar-refractivity contribution is 0.446. The molecule has 1 aliphatic rings. The maximum absolute atomic E-state index is 12.9. The lowest BCUT2D eigenvalue weighted by atomic mass is 9.94. The minimum Gasteiger partial charge on any atom is -0.317 e. The third kappa shape index (κ3) is 4.76. The Labute approximate surface area is 172 Å². The molecule has 0 radical (unpaired) electrons. The predicted molar refractivity (Wildman–Crippen MR) is 115 cm³/mol. The second-order valence-corrected chi connectivity index (χ2v) is 8.09. The molecule has 0 bridgehead atoms. The molecule has 2 aromatic heterocycles. The first-order valence-electron chi connectivity index (χ1n) is 10.2. The van der Waals surface area contributed by atoms with E-state index in [-0.39, 0.29) is 26.9 Å². The maximum atomic E-state index is 12.9. The summed E-state index contributed by atoms with van der Waals surface area (Å²) < 4.78 is 27.4. The first kappa shape index (κ1) is 22.8. The fourth-order valence-electron chi connectivity index (χ4n) is 3.32. The van der Waals surface area contributed by atoms with E-state index in [0.29, 0.717) is 0 Å². The summed E-state index contributed by atoms with van der Waals surface area (Å²) in [6.07, 6.45) is 3.09. The molecule has 0 atom stereocenters. The molecule has 0 spiro atoms. The number of nitrogens with one attached hydrogen (secondary N) is 2. The molecule has 7 nitrogen and oxygen atoms in total. The van der Waals surface area contributed by atoms with Crippen molar-refractivity contribution in [1.82, 2.24) is 19.9 Å². The standard InChI is InChI=1S/C17H18N4O3S.2C2H6/c22-16-10-14(12-6-8-18-9-7-12)21-17(20-16)15(11-19-21)25(23,24)13-4-2-1-3-5-13;2*1-2/h1-5,10-12,18H,6-9H2,(H,20,22);2*1-2H3. The van der Waals surface area contributed by atoms with E-state index in [4.69, 9.17) is 0 Å². The summed E-state index contributed by atoms with van der Waals surface area (Å²) in [5, 5.41) is 7.56. The molecule has 1 fully saturated rings. The van der Waals surface area contributed by atoms with Gasteiger partial charge in [0, 0.05) is 12.0 Å². The van der Waals surface area contributed by atoms with Gasteiger partial charge >= 0.3 is 0 Å². The molecule has 0 saturated carbocycles. The highest BCUT2D eigenvalue weighted by Gasteiger charge is 2.26. The lowest BCUT2D eigenvalue weighted by Crippen LogP contribution is -2.28. The summed E-state index contributed by atoms with van der Waals surface area (Å²) in [5.74, 6) is 0.179. The molecule has 158 valence electrons. The molecule has 3 aromatic rings. The van der Waals surface area contributed by atoms with E-state index in [1.807, 2.05) is 27.7 Å². The highest BCUT2D eigenvalue weighted by Crippen LogP contribution is 2.28. The van der Waals surface area contributed by atoms with Crippen molar-refractivity contribution >= 4 is 15.5 Å². The number of fused-ring (bicyclic) bond motifs is 1. The maximum Gasteiger partial charge on any atom is 0.251 e. The van der Waals surface area contributed by atoms with Crippen LogP contribution in [0.15, 0.2) is 57.2 Å². The molecule has 29 heavy (non-hydrogen) atoms. The number of benzene rings is 1. The molecule has 1 aliphatic heterocycles. The molecule has 2 N–H and O–H groups in total. The van der Waals surface area contributed by atoms with Crippen molar-refractivity contribution in [2.75, 3.05) is 13.1 Å². The van der Waals surface area contributed by atoms with Crippen LogP contribution in [-0.2, 0) is 9.84 Å². The van der Waals surface area contributed by atoms with Crippen molar-refractivity contribution in [1.29, 1.82) is 0 Å². The van der Waals surface area contributed by atoms with Gasteiger partial charge in [-0.15, -0.1) is 0 Å². The van der Waals surface area contributed by atoms with E-state index in [1.165, 1.54) is 24.4 Å². The van der Waals surface area contributed by atoms with Crippen molar-refractivity contribution in [3.05, 3.63) is 58.6 Å². The zero-order chi connectivity index (χ0) is 21.4. The number of nitrogens with zero attached hydrogens (tertiary/aromatic N) is 2. The summed E-state index contributed by atoms with van der Waals surface area (Å²) in [5.41, 5.74) is 0.672. The SMILES string of the molecule is CC.CC.O=c1cc(C2CCNCC2)n2ncc(S(=O)(=O)c3ccccc3)c2[nH]1. The number of piperidine rings is 1. The molecule has 1 aromatic carbocycles. The number of H-pyrrole nitrogens is 1. The fourth-order valence-corrected chi connectivity index (χ4v) is 4.67. The summed E-state index contributed by atoms with van der Waals surface area (Å²) in [6.45, 7) is 9.74. The Morgan fingerprint density at radius 1 is 1.03 bits per heavy atom. The first-order valence-corrected chi connectivity index (χ1v) is 11.7. The van der Waals surface area contributed by atoms with Crippen molar-refractivity contribution in [3.8, 4) is 0 Å². The molecule has 4 rings (SSSR count). The Morgan fingerprint density at radius 3 is 2.28 bits per heavy atom. The molecular weight excluding hydrogens is 388 g/mol. The zero-order valence-electron chi connectivity index (χ0n) is 17.5. The minimum atomic E-state index is -3.75. The summed E-state index contributed by atoms with van der Waals surface area (Å²) in [7, 11) is -3.75. The molecule has 0 unspecified atom stereocenters. The van der Waals surface area contributed by atoms with Gasteiger partial charge in [0.05, 0.1) is 16.8 Å². The second-order valence-electron chi connectivity index (χ2n) is 6.17. The van der Waals surface area contributed by atoms with Crippen LogP contribution in [0.4, 0.5) is 0 Å². The van der Waals surface area contributed by atoms with E-state index in [2.05, 4.69) is 15.4 Å². The highest BCUT2D eigenvalue weighted by molar-refractivity contribution is 7.91. The number of rotatable bonds is 3. The normalized spacial score (nSPS) is 14.5. The number of aromatic nitrogens is 3. The van der Waals surface area contributed by atoms with E-state index in [0.717, 1.165) is 31.6 Å². The van der Waals surface area contributed by atoms with E-state index in [1.54, 1.807) is 22.7 Å². The quantitative estimate of drug-likeness (QED) is 0.680. The van der Waals surface area contributed by atoms with Crippen molar-refractivity contribution < 1.29 is 8.42 Å². The van der Waals surface area contributed by atoms with Crippen LogP contribution >= 0.6 is 0 Å². The predicted octanol–water partition coefficient (Wildman–Crippen LogP) is 3.37. The molecule has 1 saturated heterocycles. The highest BCUT2D eigenvalue weighted by atomic mass is 32.2. The molecule has 3 heterocycles. The lowest BCUT2D eigenvalue weighted by Gasteiger charge is -2.23. The van der Waals surface area contributed by atoms with Gasteiger partial charge in [0.2, 0.25) is 9.84 Å². The Bertz CT molecular complexity index is 1070. The first-order chi connectivity index (χ1) is 14.1. The Hall–Kier alpha value is -2.45. The van der Waals surface area contributed by atoms with Gasteiger partial charge in [-0.25, -0.2) is 12.9 Å². The van der Waals surface area contributed by atoms with Crippen molar-refractivity contribution in [3.63, 3.8) is 0 Å². The third-order valence-corrected chi connectivity index (χ3v) is 6.37. The number of sulfone groups is 1. The van der Waals surface area contributed by atoms with E-state index in [9.17, 15) is 13.2 Å². The fraction of sp³-hybridized carbons (Fsp3) is 0.429. The monoisotopic (exact) mass is 418 g/mol. The van der Waals surface area contributed by atoms with Gasteiger partial charge in [0.25, 0.3) is 5.56 Å². The van der Waals surface area contributed by atoms with E-state index >= 15 is 0 Å². The minimum absolute atomic E-state index is 0.0200. The average molecular weight is 419 g/mol. The molecule has 0 amide bonds. The average Bonchev–Trinajstić information content (AvgIpc) is 3.22. The second kappa shape index (κ2) is 10.4. The van der Waals surface area contributed by atoms with Crippen LogP contribution in [-0.4, -0.2) is 36.1 Å². The summed E-state index contributed by atoms with van der Waals surface area (Å²) >= 11 is 0. The van der Waals surface area contributed by atoms with Gasteiger partial charge in [0.15, 0.2) is 5.65 Å². The van der Waals surface area contributed by atoms with Crippen LogP contribution in [0.2, 0.25) is 0 Å². The van der Waals surface area contributed by atoms with Crippen molar-refractivity contribution in [2.24, 2.45) is 0 Å². The third-order valence-electron chi connectivity index (χ3n) is 4.60. The van der Waals surface area contributed by atoms with Gasteiger partial charge in [-0.1, -0.05) is 45.9 Å². The van der Waals surface area contributed by atoms with Gasteiger partial charge in [0.1, 0.15) is 4.90 Å². The topological polar surface area (TPSA) is 96.3 Å². The zero-order valence-corrected chi connectivity index (χ0v) is 18.3. The van der Waals surface area contributed by atoms with Crippen LogP contribution in [0.25, 0.3) is 5.65 Å². The summed E-state index contributed by atoms with van der Waals surface area (Å²) in [6, 6.07) is 9.69. The van der Waals surface area contributed by atoms with Crippen LogP contribution < -0.4 is 10.9 Å². The largest absolute Gasteiger partial charge is 0.317 e. The van der Waals surface area contributed by atoms with Gasteiger partial charge < -0.3 is 10.3 Å². The molecule has 8 heteroatoms. The van der Waals surface area contributed by atoms with Gasteiger partial charge in [-0.05, 0) is 38.1 Å². The van der Waals surface area contributed by atoms with Crippen LogP contribution in [0.3, 0.4) is 0 Å². The van der Waals surface area contributed by atoms with Crippen LogP contribution in [0.1, 0.15) is 52.1 Å². The van der Waals surface area contributed by atoms with Crippen LogP contribution in [0, 0.1) is 0 Å². The van der Waals surface area contributed by atoms with Crippen molar-refractivity contribution in [2.45, 2.75) is 56.2 Å². The molecular formula is C21H30N4O3S. The number of hydrogen-bond donors (Lipinski definition) is 2. The Kier molecular flexibility index (Phi) is 8.16. The molecule has 0 aliphatic carbocycles. The Morgan fingerprint density at radius 2 is 1.66 bits per heavy atom. The van der Waals surface area contributed by atoms with Gasteiger partial charge in [-0.3, -0.25) is 4.79 Å².